The fourth-order valence-corrected chi connectivity index (χ4v) is 3.93. The number of carbonyl (C=O) groups excluding carboxylic acids is 1. The minimum atomic E-state index is -0.379. The maximum atomic E-state index is 12.4. The Morgan fingerprint density at radius 2 is 1.92 bits per heavy atom. The molecule has 0 saturated heterocycles. The Morgan fingerprint density at radius 3 is 2.60 bits per heavy atom. The van der Waals surface area contributed by atoms with Crippen molar-refractivity contribution in [2.45, 2.75) is 51.0 Å². The van der Waals surface area contributed by atoms with Crippen molar-refractivity contribution >= 4 is 28.1 Å². The number of benzene rings is 1. The number of hydrogen-bond donors (Lipinski definition) is 2. The first-order chi connectivity index (χ1) is 12.2. The third-order valence-electron chi connectivity index (χ3n) is 4.49. The van der Waals surface area contributed by atoms with Crippen LogP contribution in [0.2, 0.25) is 0 Å². The standard InChI is InChI=1S/C18H24N4O2S/c1-12(19-14-8-10-15(24-2)11-9-14)16(23)20-18-22-21-17(25-18)13-6-4-3-5-7-13/h8-13,19H,3-7H2,1-2H3,(H,20,22,23)/t12-/m1/s1. The van der Waals surface area contributed by atoms with E-state index in [0.29, 0.717) is 11.0 Å². The van der Waals surface area contributed by atoms with Crippen LogP contribution in [0.4, 0.5) is 10.8 Å². The maximum absolute atomic E-state index is 12.4. The van der Waals surface area contributed by atoms with Crippen molar-refractivity contribution in [2.75, 3.05) is 17.7 Å². The third kappa shape index (κ3) is 4.69. The van der Waals surface area contributed by atoms with Gasteiger partial charge in [-0.25, -0.2) is 0 Å². The lowest BCUT2D eigenvalue weighted by molar-refractivity contribution is -0.116. The first-order valence-electron chi connectivity index (χ1n) is 8.70. The van der Waals surface area contributed by atoms with E-state index in [9.17, 15) is 4.79 Å². The molecule has 0 aliphatic heterocycles. The summed E-state index contributed by atoms with van der Waals surface area (Å²) in [6.07, 6.45) is 6.19. The predicted molar refractivity (Wildman–Crippen MR) is 100 cm³/mol. The summed E-state index contributed by atoms with van der Waals surface area (Å²) in [5.41, 5.74) is 0.864. The van der Waals surface area contributed by atoms with Crippen molar-refractivity contribution in [2.24, 2.45) is 0 Å². The molecule has 1 aliphatic rings. The second-order valence-electron chi connectivity index (χ2n) is 6.36. The molecule has 7 heteroatoms. The summed E-state index contributed by atoms with van der Waals surface area (Å²) < 4.78 is 5.13. The molecule has 1 amide bonds. The van der Waals surface area contributed by atoms with Gasteiger partial charge in [-0.3, -0.25) is 10.1 Å². The number of nitrogens with one attached hydrogen (secondary N) is 2. The second-order valence-corrected chi connectivity index (χ2v) is 7.37. The molecule has 25 heavy (non-hydrogen) atoms. The Bertz CT molecular complexity index is 695. The SMILES string of the molecule is COc1ccc(N[C@H](C)C(=O)Nc2nnc(C3CCCCC3)s2)cc1. The number of rotatable bonds is 6. The lowest BCUT2D eigenvalue weighted by atomic mass is 9.90. The molecule has 3 rings (SSSR count). The van der Waals surface area contributed by atoms with Crippen LogP contribution in [0.25, 0.3) is 0 Å². The second kappa shape index (κ2) is 8.29. The highest BCUT2D eigenvalue weighted by Gasteiger charge is 2.21. The molecule has 1 aromatic carbocycles. The van der Waals surface area contributed by atoms with E-state index < -0.39 is 0 Å². The molecule has 0 radical (unpaired) electrons. The molecule has 0 spiro atoms. The number of carbonyl (C=O) groups is 1. The highest BCUT2D eigenvalue weighted by atomic mass is 32.1. The van der Waals surface area contributed by atoms with Gasteiger partial charge in [-0.1, -0.05) is 30.6 Å². The van der Waals surface area contributed by atoms with Crippen molar-refractivity contribution in [3.8, 4) is 5.75 Å². The Labute approximate surface area is 152 Å². The predicted octanol–water partition coefficient (Wildman–Crippen LogP) is 4.03. The molecule has 0 bridgehead atoms. The molecule has 2 aromatic rings. The molecule has 134 valence electrons. The van der Waals surface area contributed by atoms with Crippen LogP contribution >= 0.6 is 11.3 Å². The van der Waals surface area contributed by atoms with Crippen LogP contribution in [-0.2, 0) is 4.79 Å². The van der Waals surface area contributed by atoms with Gasteiger partial charge in [0.1, 0.15) is 16.8 Å². The van der Waals surface area contributed by atoms with Gasteiger partial charge in [0.25, 0.3) is 0 Å². The topological polar surface area (TPSA) is 76.1 Å². The van der Waals surface area contributed by atoms with Gasteiger partial charge in [0.15, 0.2) is 0 Å². The largest absolute Gasteiger partial charge is 0.497 e. The van der Waals surface area contributed by atoms with Crippen LogP contribution in [-0.4, -0.2) is 29.3 Å². The van der Waals surface area contributed by atoms with E-state index in [1.54, 1.807) is 7.11 Å². The number of aromatic nitrogens is 2. The number of anilines is 2. The highest BCUT2D eigenvalue weighted by Crippen LogP contribution is 2.35. The van der Waals surface area contributed by atoms with E-state index in [0.717, 1.165) is 16.4 Å². The monoisotopic (exact) mass is 360 g/mol. The zero-order valence-corrected chi connectivity index (χ0v) is 15.4. The number of amides is 1. The third-order valence-corrected chi connectivity index (χ3v) is 5.49. The van der Waals surface area contributed by atoms with Gasteiger partial charge >= 0.3 is 0 Å². The van der Waals surface area contributed by atoms with Crippen molar-refractivity contribution in [3.05, 3.63) is 29.3 Å². The van der Waals surface area contributed by atoms with Gasteiger partial charge in [0, 0.05) is 11.6 Å². The van der Waals surface area contributed by atoms with E-state index in [4.69, 9.17) is 4.74 Å². The number of methoxy groups -OCH3 is 1. The summed E-state index contributed by atoms with van der Waals surface area (Å²) in [4.78, 5) is 12.4. The zero-order chi connectivity index (χ0) is 17.6. The molecule has 2 N–H and O–H groups in total. The van der Waals surface area contributed by atoms with Crippen LogP contribution in [0.1, 0.15) is 50.0 Å². The normalized spacial score (nSPS) is 16.2. The van der Waals surface area contributed by atoms with Gasteiger partial charge in [-0.05, 0) is 44.0 Å². The number of hydrogen-bond acceptors (Lipinski definition) is 6. The molecule has 1 fully saturated rings. The molecule has 1 heterocycles. The molecular formula is C18H24N4O2S. The molecule has 1 aromatic heterocycles. The van der Waals surface area contributed by atoms with Crippen LogP contribution < -0.4 is 15.4 Å². The first kappa shape index (κ1) is 17.7. The molecular weight excluding hydrogens is 336 g/mol. The van der Waals surface area contributed by atoms with Gasteiger partial charge in [-0.15, -0.1) is 10.2 Å². The summed E-state index contributed by atoms with van der Waals surface area (Å²) in [6, 6.07) is 7.10. The molecule has 0 unspecified atom stereocenters. The van der Waals surface area contributed by atoms with E-state index in [-0.39, 0.29) is 11.9 Å². The van der Waals surface area contributed by atoms with Crippen molar-refractivity contribution in [1.82, 2.24) is 10.2 Å². The Balaban J connectivity index is 1.54. The van der Waals surface area contributed by atoms with Gasteiger partial charge in [-0.2, -0.15) is 0 Å². The molecule has 1 atom stereocenters. The van der Waals surface area contributed by atoms with Crippen LogP contribution in [0.15, 0.2) is 24.3 Å². The van der Waals surface area contributed by atoms with Gasteiger partial charge in [0.2, 0.25) is 11.0 Å². The fraction of sp³-hybridized carbons (Fsp3) is 0.500. The summed E-state index contributed by atoms with van der Waals surface area (Å²) in [6.45, 7) is 1.82. The van der Waals surface area contributed by atoms with Crippen LogP contribution in [0.5, 0.6) is 5.75 Å². The summed E-state index contributed by atoms with van der Waals surface area (Å²) in [5, 5.41) is 16.1. The lowest BCUT2D eigenvalue weighted by Gasteiger charge is -2.18. The Morgan fingerprint density at radius 1 is 1.20 bits per heavy atom. The first-order valence-corrected chi connectivity index (χ1v) is 9.52. The van der Waals surface area contributed by atoms with E-state index in [1.165, 1.54) is 43.4 Å². The zero-order valence-electron chi connectivity index (χ0n) is 14.6. The molecule has 1 saturated carbocycles. The van der Waals surface area contributed by atoms with Gasteiger partial charge < -0.3 is 10.1 Å². The maximum Gasteiger partial charge on any atom is 0.248 e. The van der Waals surface area contributed by atoms with Crippen molar-refractivity contribution in [3.63, 3.8) is 0 Å². The number of ether oxygens (including phenoxy) is 1. The highest BCUT2D eigenvalue weighted by molar-refractivity contribution is 7.15. The summed E-state index contributed by atoms with van der Waals surface area (Å²) in [5.74, 6) is 1.17. The van der Waals surface area contributed by atoms with Gasteiger partial charge in [0.05, 0.1) is 7.11 Å². The van der Waals surface area contributed by atoms with Crippen molar-refractivity contribution < 1.29 is 9.53 Å². The number of nitrogens with zero attached hydrogens (tertiary/aromatic N) is 2. The summed E-state index contributed by atoms with van der Waals surface area (Å²) in [7, 11) is 1.63. The average molecular weight is 360 g/mol. The van der Waals surface area contributed by atoms with Crippen molar-refractivity contribution in [1.29, 1.82) is 0 Å². The fourth-order valence-electron chi connectivity index (χ4n) is 3.02. The Hall–Kier alpha value is -2.15. The van der Waals surface area contributed by atoms with E-state index in [1.807, 2.05) is 31.2 Å². The minimum absolute atomic E-state index is 0.123. The quantitative estimate of drug-likeness (QED) is 0.813. The molecule has 6 nitrogen and oxygen atoms in total. The molecule has 1 aliphatic carbocycles. The van der Waals surface area contributed by atoms with E-state index >= 15 is 0 Å². The van der Waals surface area contributed by atoms with Crippen LogP contribution in [0.3, 0.4) is 0 Å². The minimum Gasteiger partial charge on any atom is -0.497 e. The van der Waals surface area contributed by atoms with Crippen LogP contribution in [0, 0.1) is 0 Å². The average Bonchev–Trinajstić information content (AvgIpc) is 3.11. The Kier molecular flexibility index (Phi) is 5.86. The van der Waals surface area contributed by atoms with E-state index in [2.05, 4.69) is 20.8 Å². The smallest absolute Gasteiger partial charge is 0.248 e. The lowest BCUT2D eigenvalue weighted by Crippen LogP contribution is -2.31. The summed E-state index contributed by atoms with van der Waals surface area (Å²) >= 11 is 1.50.